The van der Waals surface area contributed by atoms with Crippen LogP contribution in [0, 0.1) is 5.92 Å². The number of carbonyl (C=O) groups excluding carboxylic acids is 1. The van der Waals surface area contributed by atoms with E-state index in [-0.39, 0.29) is 34.0 Å². The first kappa shape index (κ1) is 14.7. The van der Waals surface area contributed by atoms with E-state index in [1.165, 1.54) is 0 Å². The predicted molar refractivity (Wildman–Crippen MR) is 77.8 cm³/mol. The minimum Gasteiger partial charge on any atom is -0.391 e. The molecule has 0 aromatic heterocycles. The third kappa shape index (κ3) is 1.94. The third-order valence-corrected chi connectivity index (χ3v) is 9.89. The van der Waals surface area contributed by atoms with E-state index in [2.05, 4.69) is 41.5 Å². The summed E-state index contributed by atoms with van der Waals surface area (Å²) in [6.07, 6.45) is 0.401. The molecule has 0 spiro atoms. The van der Waals surface area contributed by atoms with Crippen molar-refractivity contribution in [2.24, 2.45) is 5.92 Å². The molecule has 0 unspecified atom stereocenters. The molecule has 0 amide bonds. The quantitative estimate of drug-likeness (QED) is 0.645. The Hall–Kier alpha value is -0.233. The van der Waals surface area contributed by atoms with Crippen LogP contribution in [0.25, 0.3) is 0 Å². The molecule has 5 heteroatoms. The van der Waals surface area contributed by atoms with Crippen molar-refractivity contribution in [3.63, 3.8) is 0 Å². The number of ketones is 1. The van der Waals surface area contributed by atoms with Gasteiger partial charge >= 0.3 is 8.56 Å². The third-order valence-electron chi connectivity index (χ3n) is 4.78. The number of ether oxygens (including phenoxy) is 1. The Morgan fingerprint density at radius 2 is 1.65 bits per heavy atom. The molecule has 114 valence electrons. The summed E-state index contributed by atoms with van der Waals surface area (Å²) in [4.78, 5) is 12.5. The zero-order valence-electron chi connectivity index (χ0n) is 13.4. The summed E-state index contributed by atoms with van der Waals surface area (Å²) in [6.45, 7) is 13.5. The Labute approximate surface area is 122 Å². The highest BCUT2D eigenvalue weighted by Crippen LogP contribution is 2.56. The van der Waals surface area contributed by atoms with Crippen molar-refractivity contribution >= 4 is 14.3 Å². The van der Waals surface area contributed by atoms with Gasteiger partial charge in [0.2, 0.25) is 0 Å². The monoisotopic (exact) mass is 298 g/mol. The van der Waals surface area contributed by atoms with Gasteiger partial charge in [0.25, 0.3) is 0 Å². The van der Waals surface area contributed by atoms with Gasteiger partial charge in [0.05, 0.1) is 12.7 Å². The average Bonchev–Trinajstić information content (AvgIpc) is 3.05. The van der Waals surface area contributed by atoms with Gasteiger partial charge in [-0.15, -0.1) is 0 Å². The molecule has 1 saturated carbocycles. The fraction of sp³-hybridized carbons (Fsp3) is 0.933. The highest BCUT2D eigenvalue weighted by atomic mass is 28.4. The molecule has 2 aliphatic heterocycles. The standard InChI is InChI=1S/C15H26O4Si/c1-14(2,3)20(15(4,5)6)17-8-11-13(19-20)12(16)9-7-10(9)18-11/h9-11,13H,7-8H2,1-6H3/t9-,10+,11-,13+/m1/s1. The minimum absolute atomic E-state index is 0.0842. The second kappa shape index (κ2) is 4.15. The first-order valence-electron chi connectivity index (χ1n) is 7.58. The van der Waals surface area contributed by atoms with E-state index >= 15 is 0 Å². The van der Waals surface area contributed by atoms with Crippen molar-refractivity contribution in [1.82, 2.24) is 0 Å². The molecular weight excluding hydrogens is 272 g/mol. The lowest BCUT2D eigenvalue weighted by Gasteiger charge is -2.54. The molecule has 3 rings (SSSR count). The van der Waals surface area contributed by atoms with Gasteiger partial charge in [-0.1, -0.05) is 41.5 Å². The van der Waals surface area contributed by atoms with Gasteiger partial charge in [0.15, 0.2) is 5.78 Å². The number of hydrogen-bond donors (Lipinski definition) is 0. The van der Waals surface area contributed by atoms with Crippen LogP contribution < -0.4 is 0 Å². The summed E-state index contributed by atoms with van der Waals surface area (Å²) in [6, 6.07) is 0. The number of fused-ring (bicyclic) bond motifs is 2. The van der Waals surface area contributed by atoms with Crippen LogP contribution in [0.2, 0.25) is 10.1 Å². The lowest BCUT2D eigenvalue weighted by atomic mass is 10.0. The van der Waals surface area contributed by atoms with Crippen LogP contribution in [0.5, 0.6) is 0 Å². The Morgan fingerprint density at radius 1 is 1.05 bits per heavy atom. The topological polar surface area (TPSA) is 44.8 Å². The second-order valence-corrected chi connectivity index (χ2v) is 13.2. The Kier molecular flexibility index (Phi) is 3.05. The molecule has 3 fully saturated rings. The van der Waals surface area contributed by atoms with E-state index in [1.807, 2.05) is 0 Å². The molecule has 0 aromatic rings. The lowest BCUT2D eigenvalue weighted by molar-refractivity contribution is -0.163. The second-order valence-electron chi connectivity index (χ2n) is 8.42. The molecule has 1 aliphatic carbocycles. The molecule has 0 radical (unpaired) electrons. The normalized spacial score (nSPS) is 40.0. The smallest absolute Gasteiger partial charge is 0.350 e. The van der Waals surface area contributed by atoms with Crippen LogP contribution in [0.4, 0.5) is 0 Å². The van der Waals surface area contributed by atoms with Crippen LogP contribution in [-0.2, 0) is 18.4 Å². The van der Waals surface area contributed by atoms with E-state index in [0.29, 0.717) is 6.61 Å². The Bertz CT molecular complexity index is 420. The summed E-state index contributed by atoms with van der Waals surface area (Å²) in [7, 11) is -2.55. The van der Waals surface area contributed by atoms with Gasteiger partial charge in [-0.2, -0.15) is 0 Å². The molecule has 2 heterocycles. The van der Waals surface area contributed by atoms with Crippen molar-refractivity contribution in [3.8, 4) is 0 Å². The molecule has 4 nitrogen and oxygen atoms in total. The number of hydrogen-bond acceptors (Lipinski definition) is 4. The van der Waals surface area contributed by atoms with Crippen LogP contribution in [0.15, 0.2) is 0 Å². The average molecular weight is 298 g/mol. The molecule has 0 N–H and O–H groups in total. The van der Waals surface area contributed by atoms with Crippen molar-refractivity contribution in [2.45, 2.75) is 76.4 Å². The Balaban J connectivity index is 1.93. The summed E-state index contributed by atoms with van der Waals surface area (Å²) in [5.74, 6) is 0.334. The fourth-order valence-electron chi connectivity index (χ4n) is 3.90. The first-order valence-corrected chi connectivity index (χ1v) is 9.39. The number of Topliss-reactive ketones (excluding diaryl/α,β-unsaturated/α-hetero) is 1. The summed E-state index contributed by atoms with van der Waals surface area (Å²) >= 11 is 0. The summed E-state index contributed by atoms with van der Waals surface area (Å²) < 4.78 is 18.7. The van der Waals surface area contributed by atoms with Crippen molar-refractivity contribution in [3.05, 3.63) is 0 Å². The van der Waals surface area contributed by atoms with Gasteiger partial charge in [-0.25, -0.2) is 0 Å². The largest absolute Gasteiger partial charge is 0.391 e. The fourth-order valence-corrected chi connectivity index (χ4v) is 8.81. The molecule has 4 atom stereocenters. The lowest BCUT2D eigenvalue weighted by Crippen LogP contribution is -2.67. The van der Waals surface area contributed by atoms with Crippen LogP contribution >= 0.6 is 0 Å². The van der Waals surface area contributed by atoms with E-state index in [0.717, 1.165) is 6.42 Å². The van der Waals surface area contributed by atoms with Crippen molar-refractivity contribution < 1.29 is 18.4 Å². The zero-order valence-corrected chi connectivity index (χ0v) is 14.4. The van der Waals surface area contributed by atoms with E-state index in [4.69, 9.17) is 13.6 Å². The van der Waals surface area contributed by atoms with E-state index in [1.54, 1.807) is 0 Å². The SMILES string of the molecule is CC(C)(C)[Si]1(C(C)(C)C)OC[C@H]2O[C@H]3C[C@H]3C(=O)[C@H]2O1. The van der Waals surface area contributed by atoms with Gasteiger partial charge in [0, 0.05) is 16.0 Å². The van der Waals surface area contributed by atoms with E-state index in [9.17, 15) is 4.79 Å². The highest BCUT2D eigenvalue weighted by Gasteiger charge is 2.66. The van der Waals surface area contributed by atoms with E-state index < -0.39 is 14.7 Å². The first-order chi connectivity index (χ1) is 9.07. The highest BCUT2D eigenvalue weighted by molar-refractivity contribution is 6.73. The van der Waals surface area contributed by atoms with Gasteiger partial charge in [-0.05, 0) is 6.42 Å². The van der Waals surface area contributed by atoms with Gasteiger partial charge < -0.3 is 13.6 Å². The van der Waals surface area contributed by atoms with Gasteiger partial charge in [0.1, 0.15) is 12.2 Å². The molecule has 2 saturated heterocycles. The van der Waals surface area contributed by atoms with Gasteiger partial charge in [-0.3, -0.25) is 4.79 Å². The predicted octanol–water partition coefficient (Wildman–Crippen LogP) is 2.80. The maximum Gasteiger partial charge on any atom is 0.350 e. The molecule has 0 aromatic carbocycles. The van der Waals surface area contributed by atoms with Crippen LogP contribution in [-0.4, -0.2) is 39.3 Å². The van der Waals surface area contributed by atoms with Crippen LogP contribution in [0.1, 0.15) is 48.0 Å². The maximum atomic E-state index is 12.5. The maximum absolute atomic E-state index is 12.5. The van der Waals surface area contributed by atoms with Crippen LogP contribution in [0.3, 0.4) is 0 Å². The number of rotatable bonds is 0. The van der Waals surface area contributed by atoms with Crippen molar-refractivity contribution in [1.29, 1.82) is 0 Å². The molecule has 0 bridgehead atoms. The molecule has 3 aliphatic rings. The summed E-state index contributed by atoms with van der Waals surface area (Å²) in [5.41, 5.74) is 0. The summed E-state index contributed by atoms with van der Waals surface area (Å²) in [5, 5.41) is -0.173. The number of carbonyl (C=O) groups is 1. The molecule has 20 heavy (non-hydrogen) atoms. The van der Waals surface area contributed by atoms with Crippen molar-refractivity contribution in [2.75, 3.05) is 6.61 Å². The Morgan fingerprint density at radius 3 is 2.20 bits per heavy atom. The zero-order chi connectivity index (χ0) is 14.9. The minimum atomic E-state index is -2.55. The molecular formula is C15H26O4Si.